The maximum atomic E-state index is 12.5. The van der Waals surface area contributed by atoms with Crippen molar-refractivity contribution in [2.45, 2.75) is 13.8 Å². The first-order chi connectivity index (χ1) is 11.0. The molecule has 4 heteroatoms. The van der Waals surface area contributed by atoms with E-state index in [1.54, 1.807) is 0 Å². The predicted molar refractivity (Wildman–Crippen MR) is 90.7 cm³/mol. The third kappa shape index (κ3) is 2.63. The second-order valence-corrected chi connectivity index (χ2v) is 5.73. The highest BCUT2D eigenvalue weighted by Gasteiger charge is 2.36. The van der Waals surface area contributed by atoms with Gasteiger partial charge >= 0.3 is 0 Å². The van der Waals surface area contributed by atoms with E-state index in [1.807, 2.05) is 62.4 Å². The fourth-order valence-corrected chi connectivity index (χ4v) is 2.64. The summed E-state index contributed by atoms with van der Waals surface area (Å²) >= 11 is 0. The Morgan fingerprint density at radius 3 is 2.30 bits per heavy atom. The number of hydrogen-bond donors (Lipinski definition) is 1. The standard InChI is InChI=1S/C19H18N2O2/c1-12-9-10-13(2)15(11-12)20-17-16(14-7-5-4-6-8-14)18(22)21(3)19(17)23/h4-11,20H,1-3H3. The topological polar surface area (TPSA) is 49.4 Å². The number of anilines is 1. The van der Waals surface area contributed by atoms with Crippen LogP contribution in [-0.2, 0) is 9.59 Å². The van der Waals surface area contributed by atoms with Gasteiger partial charge in [0.25, 0.3) is 11.8 Å². The van der Waals surface area contributed by atoms with E-state index >= 15 is 0 Å². The minimum absolute atomic E-state index is 0.283. The number of benzene rings is 2. The third-order valence-corrected chi connectivity index (χ3v) is 4.00. The lowest BCUT2D eigenvalue weighted by Gasteiger charge is -2.12. The largest absolute Gasteiger partial charge is 0.350 e. The molecule has 0 fully saturated rings. The van der Waals surface area contributed by atoms with Crippen LogP contribution >= 0.6 is 0 Å². The monoisotopic (exact) mass is 306 g/mol. The molecule has 2 aromatic carbocycles. The zero-order chi connectivity index (χ0) is 16.6. The summed E-state index contributed by atoms with van der Waals surface area (Å²) in [5.41, 5.74) is 4.43. The Labute approximate surface area is 135 Å². The summed E-state index contributed by atoms with van der Waals surface area (Å²) in [6.07, 6.45) is 0. The smallest absolute Gasteiger partial charge is 0.277 e. The van der Waals surface area contributed by atoms with Crippen molar-refractivity contribution in [1.82, 2.24) is 4.90 Å². The van der Waals surface area contributed by atoms with Crippen LogP contribution in [0.5, 0.6) is 0 Å². The fourth-order valence-electron chi connectivity index (χ4n) is 2.64. The van der Waals surface area contributed by atoms with E-state index in [0.717, 1.165) is 27.3 Å². The first-order valence-electron chi connectivity index (χ1n) is 7.45. The maximum absolute atomic E-state index is 12.5. The van der Waals surface area contributed by atoms with Gasteiger partial charge in [0.2, 0.25) is 0 Å². The van der Waals surface area contributed by atoms with Crippen LogP contribution in [0.15, 0.2) is 54.2 Å². The molecule has 23 heavy (non-hydrogen) atoms. The Bertz CT molecular complexity index is 823. The van der Waals surface area contributed by atoms with Crippen molar-refractivity contribution in [2.24, 2.45) is 0 Å². The van der Waals surface area contributed by atoms with Gasteiger partial charge in [0.1, 0.15) is 5.70 Å². The Balaban J connectivity index is 2.12. The van der Waals surface area contributed by atoms with Gasteiger partial charge in [-0.05, 0) is 36.6 Å². The van der Waals surface area contributed by atoms with E-state index < -0.39 is 0 Å². The number of imide groups is 1. The molecule has 1 heterocycles. The summed E-state index contributed by atoms with van der Waals surface area (Å²) in [5, 5.41) is 3.18. The molecule has 4 nitrogen and oxygen atoms in total. The summed E-state index contributed by atoms with van der Waals surface area (Å²) in [4.78, 5) is 26.1. The lowest BCUT2D eigenvalue weighted by Crippen LogP contribution is -2.28. The van der Waals surface area contributed by atoms with Crippen molar-refractivity contribution >= 4 is 23.1 Å². The number of rotatable bonds is 3. The molecule has 0 radical (unpaired) electrons. The molecule has 0 atom stereocenters. The van der Waals surface area contributed by atoms with Crippen LogP contribution in [0.1, 0.15) is 16.7 Å². The summed E-state index contributed by atoms with van der Waals surface area (Å²) in [6.45, 7) is 3.96. The molecule has 0 aromatic heterocycles. The van der Waals surface area contributed by atoms with Crippen molar-refractivity contribution < 1.29 is 9.59 Å². The third-order valence-electron chi connectivity index (χ3n) is 4.00. The molecule has 0 unspecified atom stereocenters. The zero-order valence-electron chi connectivity index (χ0n) is 13.4. The zero-order valence-corrected chi connectivity index (χ0v) is 13.4. The van der Waals surface area contributed by atoms with Gasteiger partial charge in [0.15, 0.2) is 0 Å². The first kappa shape index (κ1) is 15.0. The minimum atomic E-state index is -0.310. The van der Waals surface area contributed by atoms with Crippen molar-refractivity contribution in [3.63, 3.8) is 0 Å². The molecule has 0 aliphatic carbocycles. The summed E-state index contributed by atoms with van der Waals surface area (Å²) in [6, 6.07) is 15.2. The highest BCUT2D eigenvalue weighted by Crippen LogP contribution is 2.30. The number of aryl methyl sites for hydroxylation is 2. The van der Waals surface area contributed by atoms with Crippen molar-refractivity contribution in [2.75, 3.05) is 12.4 Å². The van der Waals surface area contributed by atoms with E-state index in [1.165, 1.54) is 7.05 Å². The second kappa shape index (κ2) is 5.72. The van der Waals surface area contributed by atoms with Gasteiger partial charge in [-0.2, -0.15) is 0 Å². The van der Waals surface area contributed by atoms with Crippen LogP contribution < -0.4 is 5.32 Å². The van der Waals surface area contributed by atoms with Gasteiger partial charge < -0.3 is 5.32 Å². The van der Waals surface area contributed by atoms with E-state index in [-0.39, 0.29) is 11.8 Å². The average molecular weight is 306 g/mol. The Kier molecular flexibility index (Phi) is 3.74. The number of carbonyl (C=O) groups is 2. The molecular weight excluding hydrogens is 288 g/mol. The lowest BCUT2D eigenvalue weighted by molar-refractivity contribution is -0.135. The van der Waals surface area contributed by atoms with Crippen LogP contribution in [0.25, 0.3) is 5.57 Å². The van der Waals surface area contributed by atoms with Gasteiger partial charge in [0.05, 0.1) is 5.57 Å². The number of carbonyl (C=O) groups excluding carboxylic acids is 2. The fraction of sp³-hybridized carbons (Fsp3) is 0.158. The summed E-state index contributed by atoms with van der Waals surface area (Å²) < 4.78 is 0. The van der Waals surface area contributed by atoms with Crippen LogP contribution in [0.4, 0.5) is 5.69 Å². The van der Waals surface area contributed by atoms with E-state index in [9.17, 15) is 9.59 Å². The molecule has 0 saturated carbocycles. The molecule has 1 aliphatic heterocycles. The van der Waals surface area contributed by atoms with E-state index in [0.29, 0.717) is 11.3 Å². The van der Waals surface area contributed by atoms with Crippen molar-refractivity contribution in [3.8, 4) is 0 Å². The number of hydrogen-bond acceptors (Lipinski definition) is 3. The highest BCUT2D eigenvalue weighted by atomic mass is 16.2. The lowest BCUT2D eigenvalue weighted by atomic mass is 10.0. The van der Waals surface area contributed by atoms with Crippen LogP contribution in [-0.4, -0.2) is 23.8 Å². The molecule has 2 amide bonds. The van der Waals surface area contributed by atoms with Gasteiger partial charge in [-0.15, -0.1) is 0 Å². The molecule has 0 spiro atoms. The maximum Gasteiger partial charge on any atom is 0.277 e. The molecule has 2 aromatic rings. The Morgan fingerprint density at radius 2 is 1.61 bits per heavy atom. The van der Waals surface area contributed by atoms with Gasteiger partial charge in [-0.25, -0.2) is 0 Å². The van der Waals surface area contributed by atoms with Gasteiger partial charge in [0, 0.05) is 12.7 Å². The van der Waals surface area contributed by atoms with E-state index in [4.69, 9.17) is 0 Å². The molecular formula is C19H18N2O2. The van der Waals surface area contributed by atoms with Crippen molar-refractivity contribution in [1.29, 1.82) is 0 Å². The Hall–Kier alpha value is -2.88. The molecule has 1 N–H and O–H groups in total. The SMILES string of the molecule is Cc1ccc(C)c(NC2=C(c3ccccc3)C(=O)N(C)C2=O)c1. The van der Waals surface area contributed by atoms with Crippen LogP contribution in [0.3, 0.4) is 0 Å². The quantitative estimate of drug-likeness (QED) is 0.886. The number of amides is 2. The molecule has 0 saturated heterocycles. The second-order valence-electron chi connectivity index (χ2n) is 5.73. The molecule has 1 aliphatic rings. The first-order valence-corrected chi connectivity index (χ1v) is 7.45. The van der Waals surface area contributed by atoms with E-state index in [2.05, 4.69) is 5.32 Å². The highest BCUT2D eigenvalue weighted by molar-refractivity contribution is 6.36. The Morgan fingerprint density at radius 1 is 0.913 bits per heavy atom. The average Bonchev–Trinajstić information content (AvgIpc) is 2.76. The normalized spacial score (nSPS) is 14.7. The van der Waals surface area contributed by atoms with Gasteiger partial charge in [-0.1, -0.05) is 42.5 Å². The molecule has 0 bridgehead atoms. The van der Waals surface area contributed by atoms with Gasteiger partial charge in [-0.3, -0.25) is 14.5 Å². The van der Waals surface area contributed by atoms with Crippen molar-refractivity contribution in [3.05, 3.63) is 70.9 Å². The number of nitrogens with zero attached hydrogens (tertiary/aromatic N) is 1. The molecule has 3 rings (SSSR count). The summed E-state index contributed by atoms with van der Waals surface area (Å²) in [7, 11) is 1.51. The summed E-state index contributed by atoms with van der Waals surface area (Å²) in [5.74, 6) is -0.594. The van der Waals surface area contributed by atoms with Crippen LogP contribution in [0.2, 0.25) is 0 Å². The number of likely N-dealkylation sites (N-methyl/N-ethyl adjacent to an activating group) is 1. The number of nitrogens with one attached hydrogen (secondary N) is 1. The molecule has 116 valence electrons. The van der Waals surface area contributed by atoms with Crippen LogP contribution in [0, 0.1) is 13.8 Å². The minimum Gasteiger partial charge on any atom is -0.350 e. The predicted octanol–water partition coefficient (Wildman–Crippen LogP) is 3.13.